The Morgan fingerprint density at radius 1 is 1.28 bits per heavy atom. The summed E-state index contributed by atoms with van der Waals surface area (Å²) in [7, 11) is 5.12. The highest BCUT2D eigenvalue weighted by Gasteiger charge is 2.38. The molecule has 0 aliphatic carbocycles. The van der Waals surface area contributed by atoms with Gasteiger partial charge in [0.25, 0.3) is 0 Å². The minimum atomic E-state index is -0.143. The molecule has 4 nitrogen and oxygen atoms in total. The third-order valence-electron chi connectivity index (χ3n) is 3.54. The maximum atomic E-state index is 11.9. The summed E-state index contributed by atoms with van der Waals surface area (Å²) in [5, 5.41) is 0. The molecular formula is C14H19NO3. The number of para-hydroxylation sites is 1. The van der Waals surface area contributed by atoms with Crippen molar-refractivity contribution in [3.8, 4) is 5.75 Å². The Morgan fingerprint density at radius 2 is 2.00 bits per heavy atom. The molecule has 2 atom stereocenters. The number of rotatable bonds is 3. The van der Waals surface area contributed by atoms with Gasteiger partial charge in [-0.15, -0.1) is 0 Å². The molecule has 1 aliphatic rings. The molecule has 4 heteroatoms. The predicted octanol–water partition coefficient (Wildman–Crippen LogP) is 1.51. The molecule has 0 unspecified atom stereocenters. The van der Waals surface area contributed by atoms with Crippen LogP contribution in [0, 0.1) is 5.92 Å². The average Bonchev–Trinajstić information content (AvgIpc) is 2.79. The zero-order valence-corrected chi connectivity index (χ0v) is 11.1. The first-order valence-electron chi connectivity index (χ1n) is 6.06. The lowest BCUT2D eigenvalue weighted by Gasteiger charge is -2.19. The van der Waals surface area contributed by atoms with Crippen molar-refractivity contribution in [2.24, 2.45) is 5.92 Å². The van der Waals surface area contributed by atoms with E-state index < -0.39 is 0 Å². The molecule has 98 valence electrons. The van der Waals surface area contributed by atoms with Gasteiger partial charge in [-0.2, -0.15) is 0 Å². The van der Waals surface area contributed by atoms with Crippen molar-refractivity contribution in [2.45, 2.75) is 5.92 Å². The molecule has 2 rings (SSSR count). The van der Waals surface area contributed by atoms with E-state index in [-0.39, 0.29) is 17.8 Å². The molecule has 1 aliphatic heterocycles. The topological polar surface area (TPSA) is 38.8 Å². The van der Waals surface area contributed by atoms with E-state index in [1.165, 1.54) is 7.11 Å². The third-order valence-corrected chi connectivity index (χ3v) is 3.54. The molecule has 1 saturated heterocycles. The first-order valence-corrected chi connectivity index (χ1v) is 6.06. The van der Waals surface area contributed by atoms with Crippen molar-refractivity contribution >= 4 is 5.97 Å². The molecule has 0 spiro atoms. The lowest BCUT2D eigenvalue weighted by atomic mass is 9.88. The van der Waals surface area contributed by atoms with Crippen LogP contribution in [0.1, 0.15) is 11.5 Å². The van der Waals surface area contributed by atoms with Crippen LogP contribution in [-0.4, -0.2) is 45.2 Å². The number of ether oxygens (including phenoxy) is 2. The fourth-order valence-corrected chi connectivity index (χ4v) is 2.68. The highest BCUT2D eigenvalue weighted by molar-refractivity contribution is 5.74. The second kappa shape index (κ2) is 5.40. The second-order valence-corrected chi connectivity index (χ2v) is 4.70. The van der Waals surface area contributed by atoms with Crippen molar-refractivity contribution in [1.29, 1.82) is 0 Å². The number of esters is 1. The fraction of sp³-hybridized carbons (Fsp3) is 0.500. The highest BCUT2D eigenvalue weighted by Crippen LogP contribution is 2.37. The molecule has 0 N–H and O–H groups in total. The second-order valence-electron chi connectivity index (χ2n) is 4.70. The number of hydrogen-bond acceptors (Lipinski definition) is 4. The third kappa shape index (κ3) is 2.34. The predicted molar refractivity (Wildman–Crippen MR) is 68.7 cm³/mol. The van der Waals surface area contributed by atoms with E-state index in [1.807, 2.05) is 31.3 Å². The van der Waals surface area contributed by atoms with Gasteiger partial charge < -0.3 is 14.4 Å². The zero-order valence-electron chi connectivity index (χ0n) is 11.1. The normalized spacial score (nSPS) is 23.9. The minimum Gasteiger partial charge on any atom is -0.496 e. The fourth-order valence-electron chi connectivity index (χ4n) is 2.68. The highest BCUT2D eigenvalue weighted by atomic mass is 16.5. The maximum Gasteiger partial charge on any atom is 0.310 e. The number of carbonyl (C=O) groups is 1. The molecule has 0 radical (unpaired) electrons. The van der Waals surface area contributed by atoms with Gasteiger partial charge in [-0.1, -0.05) is 18.2 Å². The smallest absolute Gasteiger partial charge is 0.310 e. The average molecular weight is 249 g/mol. The van der Waals surface area contributed by atoms with Crippen LogP contribution in [-0.2, 0) is 9.53 Å². The molecule has 1 aromatic carbocycles. The van der Waals surface area contributed by atoms with Crippen LogP contribution in [0.4, 0.5) is 0 Å². The SMILES string of the molecule is COC(=O)[C@@H]1CN(C)C[C@H]1c1ccccc1OC. The van der Waals surface area contributed by atoms with Crippen molar-refractivity contribution < 1.29 is 14.3 Å². The maximum absolute atomic E-state index is 11.9. The van der Waals surface area contributed by atoms with E-state index in [4.69, 9.17) is 9.47 Å². The summed E-state index contributed by atoms with van der Waals surface area (Å²) in [6, 6.07) is 7.87. The summed E-state index contributed by atoms with van der Waals surface area (Å²) < 4.78 is 10.3. The number of carbonyl (C=O) groups excluding carboxylic acids is 1. The van der Waals surface area contributed by atoms with E-state index in [0.717, 1.165) is 24.4 Å². The Kier molecular flexibility index (Phi) is 3.87. The quantitative estimate of drug-likeness (QED) is 0.761. The van der Waals surface area contributed by atoms with Gasteiger partial charge in [0, 0.05) is 19.0 Å². The molecule has 1 heterocycles. The number of benzene rings is 1. The van der Waals surface area contributed by atoms with E-state index in [0.29, 0.717) is 0 Å². The molecule has 1 fully saturated rings. The first kappa shape index (κ1) is 12.9. The van der Waals surface area contributed by atoms with E-state index in [9.17, 15) is 4.79 Å². The number of methoxy groups -OCH3 is 2. The van der Waals surface area contributed by atoms with Crippen LogP contribution in [0.3, 0.4) is 0 Å². The van der Waals surface area contributed by atoms with Gasteiger partial charge in [0.15, 0.2) is 0 Å². The molecule has 0 bridgehead atoms. The number of nitrogens with zero attached hydrogens (tertiary/aromatic N) is 1. The van der Waals surface area contributed by atoms with Gasteiger partial charge in [0.05, 0.1) is 20.1 Å². The Morgan fingerprint density at radius 3 is 2.67 bits per heavy atom. The van der Waals surface area contributed by atoms with E-state index in [2.05, 4.69) is 4.90 Å². The van der Waals surface area contributed by atoms with Crippen LogP contribution in [0.15, 0.2) is 24.3 Å². The largest absolute Gasteiger partial charge is 0.496 e. The van der Waals surface area contributed by atoms with Gasteiger partial charge in [-0.3, -0.25) is 4.79 Å². The molecule has 0 saturated carbocycles. The van der Waals surface area contributed by atoms with Crippen LogP contribution >= 0.6 is 0 Å². The van der Waals surface area contributed by atoms with Crippen molar-refractivity contribution in [2.75, 3.05) is 34.4 Å². The van der Waals surface area contributed by atoms with Gasteiger partial charge in [0.2, 0.25) is 0 Å². The summed E-state index contributed by atoms with van der Waals surface area (Å²) in [6.45, 7) is 1.58. The number of likely N-dealkylation sites (N-methyl/N-ethyl adjacent to an activating group) is 1. The van der Waals surface area contributed by atoms with Gasteiger partial charge in [0.1, 0.15) is 5.75 Å². The lowest BCUT2D eigenvalue weighted by molar-refractivity contribution is -0.145. The van der Waals surface area contributed by atoms with Crippen LogP contribution in [0.5, 0.6) is 5.75 Å². The summed E-state index contributed by atoms with van der Waals surface area (Å²) in [5.41, 5.74) is 1.08. The lowest BCUT2D eigenvalue weighted by Crippen LogP contribution is -2.23. The molecule has 0 amide bonds. The molecular weight excluding hydrogens is 230 g/mol. The zero-order chi connectivity index (χ0) is 13.1. The monoisotopic (exact) mass is 249 g/mol. The van der Waals surface area contributed by atoms with Crippen LogP contribution in [0.25, 0.3) is 0 Å². The van der Waals surface area contributed by atoms with Crippen LogP contribution in [0.2, 0.25) is 0 Å². The molecule has 1 aromatic rings. The van der Waals surface area contributed by atoms with Crippen molar-refractivity contribution in [3.63, 3.8) is 0 Å². The van der Waals surface area contributed by atoms with E-state index in [1.54, 1.807) is 7.11 Å². The molecule has 0 aromatic heterocycles. The summed E-state index contributed by atoms with van der Waals surface area (Å²) in [4.78, 5) is 14.0. The number of likely N-dealkylation sites (tertiary alicyclic amines) is 1. The Bertz CT molecular complexity index is 433. The summed E-state index contributed by atoms with van der Waals surface area (Å²) >= 11 is 0. The molecule has 18 heavy (non-hydrogen) atoms. The standard InChI is InChI=1S/C14H19NO3/c1-15-8-11(12(9-15)14(16)18-3)10-6-4-5-7-13(10)17-2/h4-7,11-12H,8-9H2,1-3H3/t11-,12+/m0/s1. The Labute approximate surface area is 107 Å². The summed E-state index contributed by atoms with van der Waals surface area (Å²) in [5.74, 6) is 0.719. The van der Waals surface area contributed by atoms with Crippen LogP contribution < -0.4 is 4.74 Å². The summed E-state index contributed by atoms with van der Waals surface area (Å²) in [6.07, 6.45) is 0. The minimum absolute atomic E-state index is 0.115. The Hall–Kier alpha value is -1.55. The number of hydrogen-bond donors (Lipinski definition) is 0. The van der Waals surface area contributed by atoms with Gasteiger partial charge >= 0.3 is 5.97 Å². The van der Waals surface area contributed by atoms with Crippen molar-refractivity contribution in [3.05, 3.63) is 29.8 Å². The van der Waals surface area contributed by atoms with Crippen molar-refractivity contribution in [1.82, 2.24) is 4.90 Å². The van der Waals surface area contributed by atoms with E-state index >= 15 is 0 Å². The Balaban J connectivity index is 2.32. The van der Waals surface area contributed by atoms with Gasteiger partial charge in [-0.05, 0) is 18.7 Å². The van der Waals surface area contributed by atoms with Gasteiger partial charge in [-0.25, -0.2) is 0 Å². The first-order chi connectivity index (χ1) is 8.67.